The third-order valence-corrected chi connectivity index (χ3v) is 3.16. The van der Waals surface area contributed by atoms with Crippen molar-refractivity contribution in [1.29, 1.82) is 0 Å². The molecule has 1 unspecified atom stereocenters. The van der Waals surface area contributed by atoms with Gasteiger partial charge in [0.05, 0.1) is 5.69 Å². The van der Waals surface area contributed by atoms with Crippen LogP contribution < -0.4 is 5.32 Å². The van der Waals surface area contributed by atoms with E-state index in [4.69, 9.17) is 0 Å². The van der Waals surface area contributed by atoms with Gasteiger partial charge in [0, 0.05) is 25.1 Å². The van der Waals surface area contributed by atoms with Crippen LogP contribution in [0, 0.1) is 6.92 Å². The number of imidazole rings is 1. The normalized spacial score (nSPS) is 12.6. The quantitative estimate of drug-likeness (QED) is 0.842. The molecule has 0 saturated carbocycles. The highest BCUT2D eigenvalue weighted by atomic mass is 15.1. The Morgan fingerprint density at radius 2 is 2.05 bits per heavy atom. The fourth-order valence-electron chi connectivity index (χ4n) is 2.26. The molecule has 2 rings (SSSR count). The molecule has 5 nitrogen and oxygen atoms in total. The van der Waals surface area contributed by atoms with Crippen molar-refractivity contribution >= 4 is 0 Å². The number of aryl methyl sites for hydroxylation is 2. The smallest absolute Gasteiger partial charge is 0.132 e. The molecular formula is C15H23N5. The number of hydrogen-bond acceptors (Lipinski definition) is 4. The molecule has 0 aliphatic heterocycles. The molecule has 1 N–H and O–H groups in total. The third kappa shape index (κ3) is 3.42. The topological polar surface area (TPSA) is 55.6 Å². The predicted octanol–water partition coefficient (Wildman–Crippen LogP) is 2.48. The van der Waals surface area contributed by atoms with Gasteiger partial charge < -0.3 is 9.88 Å². The number of nitrogens with zero attached hydrogens (tertiary/aromatic N) is 4. The van der Waals surface area contributed by atoms with E-state index in [0.29, 0.717) is 0 Å². The van der Waals surface area contributed by atoms with Crippen LogP contribution in [0.5, 0.6) is 0 Å². The summed E-state index contributed by atoms with van der Waals surface area (Å²) in [5.41, 5.74) is 0.981. The van der Waals surface area contributed by atoms with E-state index in [1.807, 2.05) is 31.6 Å². The van der Waals surface area contributed by atoms with Crippen LogP contribution in [0.2, 0.25) is 0 Å². The van der Waals surface area contributed by atoms with Crippen LogP contribution in [-0.2, 0) is 6.54 Å². The summed E-state index contributed by atoms with van der Waals surface area (Å²) in [6.07, 6.45) is 7.88. The number of nitrogens with one attached hydrogen (secondary N) is 1. The van der Waals surface area contributed by atoms with E-state index < -0.39 is 0 Å². The summed E-state index contributed by atoms with van der Waals surface area (Å²) in [7, 11) is 0. The van der Waals surface area contributed by atoms with Crippen LogP contribution in [0.4, 0.5) is 0 Å². The molecule has 0 spiro atoms. The first-order valence-electron chi connectivity index (χ1n) is 7.30. The van der Waals surface area contributed by atoms with E-state index in [9.17, 15) is 0 Å². The Kier molecular flexibility index (Phi) is 5.24. The summed E-state index contributed by atoms with van der Waals surface area (Å²) in [5, 5.41) is 3.54. The maximum Gasteiger partial charge on any atom is 0.132 e. The lowest BCUT2D eigenvalue weighted by Gasteiger charge is -2.19. The average molecular weight is 273 g/mol. The van der Waals surface area contributed by atoms with Crippen molar-refractivity contribution in [1.82, 2.24) is 24.8 Å². The second kappa shape index (κ2) is 7.14. The molecular weight excluding hydrogens is 250 g/mol. The van der Waals surface area contributed by atoms with Gasteiger partial charge in [-0.25, -0.2) is 15.0 Å². The van der Waals surface area contributed by atoms with Gasteiger partial charge in [-0.15, -0.1) is 0 Å². The first kappa shape index (κ1) is 14.7. The molecule has 2 heterocycles. The Hall–Kier alpha value is -1.75. The fourth-order valence-corrected chi connectivity index (χ4v) is 2.26. The SMILES string of the molecule is CCCNC(c1ccnc(C)n1)c1nccn1CCC. The summed E-state index contributed by atoms with van der Waals surface area (Å²) in [6.45, 7) is 8.16. The van der Waals surface area contributed by atoms with E-state index in [0.717, 1.165) is 43.3 Å². The molecule has 0 radical (unpaired) electrons. The highest BCUT2D eigenvalue weighted by Crippen LogP contribution is 2.19. The average Bonchev–Trinajstić information content (AvgIpc) is 2.88. The third-order valence-electron chi connectivity index (χ3n) is 3.16. The molecule has 108 valence electrons. The first-order chi connectivity index (χ1) is 9.76. The van der Waals surface area contributed by atoms with E-state index in [-0.39, 0.29) is 6.04 Å². The predicted molar refractivity (Wildman–Crippen MR) is 79.4 cm³/mol. The standard InChI is InChI=1S/C15H23N5/c1-4-7-17-14(13-6-8-16-12(3)19-13)15-18-9-11-20(15)10-5-2/h6,8-9,11,14,17H,4-5,7,10H2,1-3H3. The van der Waals surface area contributed by atoms with Crippen molar-refractivity contribution in [2.75, 3.05) is 6.54 Å². The summed E-state index contributed by atoms with van der Waals surface area (Å²) in [6, 6.07) is 1.99. The maximum absolute atomic E-state index is 4.56. The molecule has 0 bridgehead atoms. The first-order valence-corrected chi connectivity index (χ1v) is 7.30. The lowest BCUT2D eigenvalue weighted by molar-refractivity contribution is 0.520. The van der Waals surface area contributed by atoms with E-state index in [1.165, 1.54) is 0 Å². The van der Waals surface area contributed by atoms with Gasteiger partial charge in [0.1, 0.15) is 17.7 Å². The molecule has 2 aromatic rings. The monoisotopic (exact) mass is 273 g/mol. The van der Waals surface area contributed by atoms with Crippen molar-refractivity contribution in [3.8, 4) is 0 Å². The fraction of sp³-hybridized carbons (Fsp3) is 0.533. The molecule has 0 aromatic carbocycles. The highest BCUT2D eigenvalue weighted by Gasteiger charge is 2.19. The number of aromatic nitrogens is 4. The minimum atomic E-state index is 0.0261. The second-order valence-corrected chi connectivity index (χ2v) is 4.89. The Morgan fingerprint density at radius 3 is 2.75 bits per heavy atom. The molecule has 0 aliphatic rings. The van der Waals surface area contributed by atoms with Crippen LogP contribution in [-0.4, -0.2) is 26.1 Å². The maximum atomic E-state index is 4.56. The minimum absolute atomic E-state index is 0.0261. The van der Waals surface area contributed by atoms with Crippen molar-refractivity contribution in [2.45, 2.75) is 46.2 Å². The van der Waals surface area contributed by atoms with Crippen molar-refractivity contribution in [2.24, 2.45) is 0 Å². The van der Waals surface area contributed by atoms with Crippen LogP contribution >= 0.6 is 0 Å². The largest absolute Gasteiger partial charge is 0.333 e. The molecule has 0 fully saturated rings. The lowest BCUT2D eigenvalue weighted by atomic mass is 10.1. The molecule has 1 atom stereocenters. The van der Waals surface area contributed by atoms with Crippen LogP contribution in [0.3, 0.4) is 0 Å². The molecule has 5 heteroatoms. The summed E-state index contributed by atoms with van der Waals surface area (Å²) in [4.78, 5) is 13.3. The van der Waals surface area contributed by atoms with Gasteiger partial charge in [0.25, 0.3) is 0 Å². The highest BCUT2D eigenvalue weighted by molar-refractivity contribution is 5.17. The minimum Gasteiger partial charge on any atom is -0.333 e. The summed E-state index contributed by atoms with van der Waals surface area (Å²) in [5.74, 6) is 1.82. The molecule has 0 amide bonds. The zero-order chi connectivity index (χ0) is 14.4. The molecule has 2 aromatic heterocycles. The van der Waals surface area contributed by atoms with E-state index in [1.54, 1.807) is 0 Å². The Balaban J connectivity index is 2.33. The van der Waals surface area contributed by atoms with Crippen molar-refractivity contribution < 1.29 is 0 Å². The zero-order valence-corrected chi connectivity index (χ0v) is 12.5. The molecule has 0 aliphatic carbocycles. The molecule has 0 saturated heterocycles. The van der Waals surface area contributed by atoms with E-state index >= 15 is 0 Å². The van der Waals surface area contributed by atoms with Gasteiger partial charge in [-0.1, -0.05) is 13.8 Å². The molecule has 20 heavy (non-hydrogen) atoms. The summed E-state index contributed by atoms with van der Waals surface area (Å²) < 4.78 is 2.20. The van der Waals surface area contributed by atoms with Gasteiger partial charge in [-0.2, -0.15) is 0 Å². The Labute approximate surface area is 120 Å². The van der Waals surface area contributed by atoms with Gasteiger partial charge in [0.2, 0.25) is 0 Å². The lowest BCUT2D eigenvalue weighted by Crippen LogP contribution is -2.27. The Bertz CT molecular complexity index is 535. The van der Waals surface area contributed by atoms with Crippen LogP contribution in [0.15, 0.2) is 24.7 Å². The van der Waals surface area contributed by atoms with Crippen molar-refractivity contribution in [3.63, 3.8) is 0 Å². The van der Waals surface area contributed by atoms with Crippen LogP contribution in [0.25, 0.3) is 0 Å². The van der Waals surface area contributed by atoms with Gasteiger partial charge in [-0.3, -0.25) is 0 Å². The van der Waals surface area contributed by atoms with E-state index in [2.05, 4.69) is 38.7 Å². The van der Waals surface area contributed by atoms with Crippen LogP contribution in [0.1, 0.15) is 50.1 Å². The second-order valence-electron chi connectivity index (χ2n) is 4.89. The van der Waals surface area contributed by atoms with Gasteiger partial charge >= 0.3 is 0 Å². The summed E-state index contributed by atoms with van der Waals surface area (Å²) >= 11 is 0. The van der Waals surface area contributed by atoms with Crippen molar-refractivity contribution in [3.05, 3.63) is 42.0 Å². The van der Waals surface area contributed by atoms with Gasteiger partial charge in [0.15, 0.2) is 0 Å². The Morgan fingerprint density at radius 1 is 1.20 bits per heavy atom. The number of hydrogen-bond donors (Lipinski definition) is 1. The zero-order valence-electron chi connectivity index (χ0n) is 12.5. The number of rotatable bonds is 7. The van der Waals surface area contributed by atoms with Gasteiger partial charge in [-0.05, 0) is 32.4 Å².